The highest BCUT2D eigenvalue weighted by molar-refractivity contribution is 7.98. The molecule has 2 aromatic carbocycles. The molecule has 0 N–H and O–H groups in total. The molecule has 2 aromatic heterocycles. The Labute approximate surface area is 158 Å². The van der Waals surface area contributed by atoms with Crippen molar-refractivity contribution >= 4 is 28.3 Å². The lowest BCUT2D eigenvalue weighted by molar-refractivity contribution is -0.0171. The monoisotopic (exact) mass is 382 g/mol. The van der Waals surface area contributed by atoms with E-state index in [-0.39, 0.29) is 12.6 Å². The molecule has 0 saturated heterocycles. The fraction of sp³-hybridized carbons (Fsp3) is 0.211. The fourth-order valence-corrected chi connectivity index (χ4v) is 4.14. The molecule has 0 fully saturated rings. The van der Waals surface area contributed by atoms with Gasteiger partial charge in [-0.15, -0.1) is 5.10 Å². The third kappa shape index (κ3) is 2.90. The molecular formula is C19H15FN4O2S. The maximum Gasteiger partial charge on any atom is 0.191 e. The molecule has 0 radical (unpaired) electrons. The first kappa shape index (κ1) is 16.5. The minimum atomic E-state index is -0.299. The van der Waals surface area contributed by atoms with Crippen molar-refractivity contribution in [2.75, 3.05) is 6.79 Å². The maximum absolute atomic E-state index is 14.0. The van der Waals surface area contributed by atoms with Crippen molar-refractivity contribution in [3.8, 4) is 5.75 Å². The third-order valence-corrected chi connectivity index (χ3v) is 5.34. The van der Waals surface area contributed by atoms with E-state index >= 15 is 0 Å². The minimum Gasteiger partial charge on any atom is -0.467 e. The number of para-hydroxylation sites is 1. The quantitative estimate of drug-likeness (QED) is 0.396. The second-order valence-electron chi connectivity index (χ2n) is 6.26. The molecule has 3 heterocycles. The number of halogens is 1. The maximum atomic E-state index is 14.0. The highest BCUT2D eigenvalue weighted by Crippen LogP contribution is 2.34. The van der Waals surface area contributed by atoms with Crippen molar-refractivity contribution in [3.05, 3.63) is 59.2 Å². The van der Waals surface area contributed by atoms with Gasteiger partial charge in [-0.3, -0.25) is 0 Å². The lowest BCUT2D eigenvalue weighted by Gasteiger charge is -2.20. The summed E-state index contributed by atoms with van der Waals surface area (Å²) in [6.07, 6.45) is 0. The molecule has 1 aliphatic rings. The van der Waals surface area contributed by atoms with Gasteiger partial charge in [0.05, 0.1) is 12.1 Å². The molecule has 0 amide bonds. The first-order chi connectivity index (χ1) is 13.2. The van der Waals surface area contributed by atoms with Crippen molar-refractivity contribution in [3.63, 3.8) is 0 Å². The summed E-state index contributed by atoms with van der Waals surface area (Å²) in [6, 6.07) is 10.8. The van der Waals surface area contributed by atoms with Crippen LogP contribution in [-0.2, 0) is 17.1 Å². The summed E-state index contributed by atoms with van der Waals surface area (Å²) >= 11 is 1.47. The molecule has 1 aliphatic heterocycles. The third-order valence-electron chi connectivity index (χ3n) is 4.36. The second-order valence-corrected chi connectivity index (χ2v) is 7.20. The van der Waals surface area contributed by atoms with Gasteiger partial charge in [-0.25, -0.2) is 14.4 Å². The molecule has 27 heavy (non-hydrogen) atoms. The predicted molar refractivity (Wildman–Crippen MR) is 99.3 cm³/mol. The van der Waals surface area contributed by atoms with Crippen molar-refractivity contribution in [1.29, 1.82) is 0 Å². The zero-order valence-electron chi connectivity index (χ0n) is 14.5. The minimum absolute atomic E-state index is 0.178. The number of benzene rings is 2. The number of aryl methyl sites for hydroxylation is 1. The van der Waals surface area contributed by atoms with E-state index in [4.69, 9.17) is 14.5 Å². The van der Waals surface area contributed by atoms with Gasteiger partial charge in [-0.05, 0) is 31.2 Å². The molecule has 136 valence electrons. The number of fused-ring (bicyclic) bond motifs is 4. The van der Waals surface area contributed by atoms with Crippen LogP contribution in [0, 0.1) is 12.7 Å². The van der Waals surface area contributed by atoms with Crippen molar-refractivity contribution in [1.82, 2.24) is 19.6 Å². The van der Waals surface area contributed by atoms with E-state index in [1.54, 1.807) is 4.52 Å². The molecule has 6 nitrogen and oxygen atoms in total. The van der Waals surface area contributed by atoms with Crippen LogP contribution < -0.4 is 4.74 Å². The molecule has 0 spiro atoms. The molecular weight excluding hydrogens is 367 g/mol. The number of hydrogen-bond acceptors (Lipinski definition) is 6. The van der Waals surface area contributed by atoms with Gasteiger partial charge < -0.3 is 9.47 Å². The van der Waals surface area contributed by atoms with Gasteiger partial charge >= 0.3 is 0 Å². The average molecular weight is 382 g/mol. The number of ether oxygens (including phenoxy) is 2. The summed E-state index contributed by atoms with van der Waals surface area (Å²) in [5, 5.41) is 6.13. The van der Waals surface area contributed by atoms with E-state index in [2.05, 4.69) is 10.1 Å². The lowest BCUT2D eigenvalue weighted by Crippen LogP contribution is -2.13. The summed E-state index contributed by atoms with van der Waals surface area (Å²) in [6.45, 7) is 2.38. The predicted octanol–water partition coefficient (Wildman–Crippen LogP) is 3.88. The van der Waals surface area contributed by atoms with Gasteiger partial charge in [0.1, 0.15) is 17.4 Å². The number of aromatic nitrogens is 4. The Bertz CT molecular complexity index is 1180. The van der Waals surface area contributed by atoms with Crippen LogP contribution in [0.15, 0.2) is 41.6 Å². The number of thioether (sulfide) groups is 1. The smallest absolute Gasteiger partial charge is 0.191 e. The van der Waals surface area contributed by atoms with Crippen molar-refractivity contribution in [2.24, 2.45) is 0 Å². The molecule has 8 heteroatoms. The summed E-state index contributed by atoms with van der Waals surface area (Å²) in [5.41, 5.74) is 3.13. The van der Waals surface area contributed by atoms with E-state index in [9.17, 15) is 4.39 Å². The van der Waals surface area contributed by atoms with E-state index in [1.807, 2.05) is 31.2 Å². The van der Waals surface area contributed by atoms with Gasteiger partial charge in [0.2, 0.25) is 0 Å². The van der Waals surface area contributed by atoms with Crippen LogP contribution in [0.4, 0.5) is 4.39 Å². The Morgan fingerprint density at radius 1 is 1.22 bits per heavy atom. The van der Waals surface area contributed by atoms with Gasteiger partial charge in [-0.2, -0.15) is 4.52 Å². The van der Waals surface area contributed by atoms with E-state index in [1.165, 1.54) is 23.9 Å². The van der Waals surface area contributed by atoms with E-state index in [0.717, 1.165) is 27.7 Å². The van der Waals surface area contributed by atoms with Crippen LogP contribution >= 0.6 is 11.8 Å². The van der Waals surface area contributed by atoms with Crippen molar-refractivity contribution < 1.29 is 13.9 Å². The first-order valence-electron chi connectivity index (χ1n) is 8.46. The highest BCUT2D eigenvalue weighted by Gasteiger charge is 2.18. The highest BCUT2D eigenvalue weighted by atomic mass is 32.2. The molecule has 5 rings (SSSR count). The lowest BCUT2D eigenvalue weighted by atomic mass is 10.1. The SMILES string of the molecule is Cc1nc2c3ccccc3nc(SCc3cc(F)cc4c3OCOC4)n2n1. The van der Waals surface area contributed by atoms with E-state index in [0.29, 0.717) is 29.1 Å². The topological polar surface area (TPSA) is 61.5 Å². The first-order valence-corrected chi connectivity index (χ1v) is 9.44. The standard InChI is InChI=1S/C19H15FN4O2S/c1-11-21-18-15-4-2-3-5-16(15)22-19(24(18)23-11)27-9-13-7-14(20)6-12-8-25-10-26-17(12)13/h2-7H,8-10H2,1H3. The van der Waals surface area contributed by atoms with Crippen LogP contribution in [0.5, 0.6) is 5.75 Å². The van der Waals surface area contributed by atoms with Gasteiger partial charge in [0, 0.05) is 22.3 Å². The molecule has 0 bridgehead atoms. The van der Waals surface area contributed by atoms with Crippen LogP contribution in [0.1, 0.15) is 17.0 Å². The summed E-state index contributed by atoms with van der Waals surface area (Å²) in [5.74, 6) is 1.58. The summed E-state index contributed by atoms with van der Waals surface area (Å²) in [7, 11) is 0. The Hall–Kier alpha value is -2.71. The summed E-state index contributed by atoms with van der Waals surface area (Å²) < 4.78 is 26.6. The largest absolute Gasteiger partial charge is 0.467 e. The summed E-state index contributed by atoms with van der Waals surface area (Å²) in [4.78, 5) is 9.27. The van der Waals surface area contributed by atoms with Crippen molar-refractivity contribution in [2.45, 2.75) is 24.4 Å². The van der Waals surface area contributed by atoms with Crippen LogP contribution in [-0.4, -0.2) is 26.4 Å². The molecule has 0 atom stereocenters. The Balaban J connectivity index is 1.56. The average Bonchev–Trinajstić information content (AvgIpc) is 3.07. The Morgan fingerprint density at radius 2 is 2.11 bits per heavy atom. The molecule has 0 unspecified atom stereocenters. The number of hydrogen-bond donors (Lipinski definition) is 0. The number of nitrogens with zero attached hydrogens (tertiary/aromatic N) is 4. The zero-order valence-corrected chi connectivity index (χ0v) is 15.3. The fourth-order valence-electron chi connectivity index (χ4n) is 3.23. The van der Waals surface area contributed by atoms with Crippen LogP contribution in [0.25, 0.3) is 16.6 Å². The van der Waals surface area contributed by atoms with Crippen LogP contribution in [0.3, 0.4) is 0 Å². The van der Waals surface area contributed by atoms with E-state index < -0.39 is 0 Å². The van der Waals surface area contributed by atoms with Gasteiger partial charge in [0.25, 0.3) is 0 Å². The normalized spacial score (nSPS) is 13.7. The molecule has 4 aromatic rings. The van der Waals surface area contributed by atoms with Crippen LogP contribution in [0.2, 0.25) is 0 Å². The second kappa shape index (κ2) is 6.47. The zero-order chi connectivity index (χ0) is 18.4. The number of rotatable bonds is 3. The van der Waals surface area contributed by atoms with Gasteiger partial charge in [-0.1, -0.05) is 23.9 Å². The Kier molecular flexibility index (Phi) is 3.95. The Morgan fingerprint density at radius 3 is 3.04 bits per heavy atom. The van der Waals surface area contributed by atoms with Gasteiger partial charge in [0.15, 0.2) is 17.6 Å². The molecule has 0 aliphatic carbocycles. The molecule has 0 saturated carbocycles.